The average molecular weight is 230 g/mol. The fourth-order valence-corrected chi connectivity index (χ4v) is 3.11. The molecule has 0 aromatic heterocycles. The Morgan fingerprint density at radius 2 is 1.27 bits per heavy atom. The van der Waals surface area contributed by atoms with Crippen molar-refractivity contribution >= 4 is 12.6 Å². The van der Waals surface area contributed by atoms with Crippen LogP contribution in [0.4, 0.5) is 0 Å². The zero-order chi connectivity index (χ0) is 12.0. The van der Waals surface area contributed by atoms with Crippen LogP contribution in [0.2, 0.25) is 0 Å². The molecule has 0 fully saturated rings. The van der Waals surface area contributed by atoms with Gasteiger partial charge in [-0.3, -0.25) is 0 Å². The quantitative estimate of drug-likeness (QED) is 0.582. The van der Waals surface area contributed by atoms with E-state index in [1.807, 2.05) is 0 Å². The van der Waals surface area contributed by atoms with E-state index < -0.39 is 0 Å². The molecule has 0 bridgehead atoms. The minimum atomic E-state index is 0.573. The van der Waals surface area contributed by atoms with Gasteiger partial charge in [-0.1, -0.05) is 54.4 Å². The van der Waals surface area contributed by atoms with Crippen molar-refractivity contribution in [2.45, 2.75) is 66.1 Å². The molecule has 0 spiro atoms. The summed E-state index contributed by atoms with van der Waals surface area (Å²) in [5.41, 5.74) is 0. The van der Waals surface area contributed by atoms with Crippen LogP contribution in [0, 0.1) is 23.7 Å². The highest BCUT2D eigenvalue weighted by Crippen LogP contribution is 2.36. The third-order valence-electron chi connectivity index (χ3n) is 4.31. The Morgan fingerprint density at radius 3 is 1.60 bits per heavy atom. The van der Waals surface area contributed by atoms with E-state index in [0.29, 0.717) is 5.25 Å². The molecule has 0 nitrogen and oxygen atoms in total. The first kappa shape index (κ1) is 15.3. The molecule has 92 valence electrons. The zero-order valence-corrected chi connectivity index (χ0v) is 12.3. The van der Waals surface area contributed by atoms with Crippen molar-refractivity contribution < 1.29 is 0 Å². The Hall–Kier alpha value is 0.350. The van der Waals surface area contributed by atoms with E-state index in [4.69, 9.17) is 12.6 Å². The fraction of sp³-hybridized carbons (Fsp3) is 1.00. The Labute approximate surface area is 103 Å². The fourth-order valence-electron chi connectivity index (χ4n) is 2.54. The molecular formula is C14H30S. The molecule has 0 saturated carbocycles. The van der Waals surface area contributed by atoms with Gasteiger partial charge in [-0.05, 0) is 30.1 Å². The third kappa shape index (κ3) is 4.38. The summed E-state index contributed by atoms with van der Waals surface area (Å²) >= 11 is 4.79. The molecule has 0 saturated heterocycles. The summed E-state index contributed by atoms with van der Waals surface area (Å²) in [6, 6.07) is 0. The van der Waals surface area contributed by atoms with Gasteiger partial charge in [0.05, 0.1) is 0 Å². The molecule has 0 amide bonds. The van der Waals surface area contributed by atoms with Crippen molar-refractivity contribution in [2.24, 2.45) is 23.7 Å². The lowest BCUT2D eigenvalue weighted by Crippen LogP contribution is -2.31. The highest BCUT2D eigenvalue weighted by atomic mass is 32.1. The van der Waals surface area contributed by atoms with E-state index in [2.05, 4.69) is 41.5 Å². The van der Waals surface area contributed by atoms with Crippen LogP contribution in [0.1, 0.15) is 60.8 Å². The lowest BCUT2D eigenvalue weighted by atomic mass is 9.73. The largest absolute Gasteiger partial charge is 0.176 e. The van der Waals surface area contributed by atoms with Gasteiger partial charge < -0.3 is 0 Å². The molecule has 0 N–H and O–H groups in total. The zero-order valence-electron chi connectivity index (χ0n) is 11.5. The number of hydrogen-bond donors (Lipinski definition) is 1. The minimum Gasteiger partial charge on any atom is -0.176 e. The normalized spacial score (nSPS) is 21.8. The van der Waals surface area contributed by atoms with Crippen molar-refractivity contribution in [3.05, 3.63) is 0 Å². The van der Waals surface area contributed by atoms with Crippen LogP contribution >= 0.6 is 12.6 Å². The first-order valence-corrected chi connectivity index (χ1v) is 7.19. The van der Waals surface area contributed by atoms with Crippen LogP contribution < -0.4 is 0 Å². The summed E-state index contributed by atoms with van der Waals surface area (Å²) in [7, 11) is 0. The van der Waals surface area contributed by atoms with Crippen molar-refractivity contribution in [2.75, 3.05) is 0 Å². The standard InChI is InChI=1S/C14H30S/c1-7-10(4)12(6)14(11(5)8-2)13(15)9-3/h10-15H,7-9H2,1-6H3. The second-order valence-electron chi connectivity index (χ2n) is 5.18. The second kappa shape index (κ2) is 7.60. The van der Waals surface area contributed by atoms with Gasteiger partial charge in [0, 0.05) is 5.25 Å². The molecule has 0 aliphatic rings. The van der Waals surface area contributed by atoms with E-state index in [1.54, 1.807) is 0 Å². The summed E-state index contributed by atoms with van der Waals surface area (Å²) in [4.78, 5) is 0. The SMILES string of the molecule is CCC(C)C(C)C(C(C)CC)C(S)CC. The highest BCUT2D eigenvalue weighted by Gasteiger charge is 2.30. The summed E-state index contributed by atoms with van der Waals surface area (Å²) in [5.74, 6) is 3.20. The summed E-state index contributed by atoms with van der Waals surface area (Å²) in [6.07, 6.45) is 3.76. The monoisotopic (exact) mass is 230 g/mol. The molecule has 0 rings (SSSR count). The van der Waals surface area contributed by atoms with Gasteiger partial charge in [-0.15, -0.1) is 0 Å². The van der Waals surface area contributed by atoms with Gasteiger partial charge in [-0.2, -0.15) is 12.6 Å². The minimum absolute atomic E-state index is 0.573. The first-order valence-electron chi connectivity index (χ1n) is 6.67. The van der Waals surface area contributed by atoms with Crippen molar-refractivity contribution in [1.29, 1.82) is 0 Å². The molecule has 5 atom stereocenters. The van der Waals surface area contributed by atoms with E-state index in [9.17, 15) is 0 Å². The Morgan fingerprint density at radius 1 is 0.800 bits per heavy atom. The summed E-state index contributed by atoms with van der Waals surface area (Å²) in [6.45, 7) is 14.1. The van der Waals surface area contributed by atoms with E-state index >= 15 is 0 Å². The molecule has 0 aromatic carbocycles. The van der Waals surface area contributed by atoms with Crippen LogP contribution in [0.25, 0.3) is 0 Å². The maximum absolute atomic E-state index is 4.79. The molecule has 15 heavy (non-hydrogen) atoms. The lowest BCUT2D eigenvalue weighted by molar-refractivity contribution is 0.181. The molecule has 0 heterocycles. The molecule has 1 heteroatoms. The predicted molar refractivity (Wildman–Crippen MR) is 74.6 cm³/mol. The first-order chi connectivity index (χ1) is 6.99. The van der Waals surface area contributed by atoms with Gasteiger partial charge in [0.2, 0.25) is 0 Å². The smallest absolute Gasteiger partial charge is 0.00476 e. The molecule has 5 unspecified atom stereocenters. The van der Waals surface area contributed by atoms with Gasteiger partial charge in [0.1, 0.15) is 0 Å². The second-order valence-corrected chi connectivity index (χ2v) is 5.85. The molecule has 0 aromatic rings. The maximum Gasteiger partial charge on any atom is 0.00476 e. The van der Waals surface area contributed by atoms with Gasteiger partial charge in [-0.25, -0.2) is 0 Å². The highest BCUT2D eigenvalue weighted by molar-refractivity contribution is 7.81. The van der Waals surface area contributed by atoms with E-state index in [0.717, 1.165) is 23.7 Å². The lowest BCUT2D eigenvalue weighted by Gasteiger charge is -2.36. The van der Waals surface area contributed by atoms with Gasteiger partial charge >= 0.3 is 0 Å². The third-order valence-corrected chi connectivity index (χ3v) is 5.02. The van der Waals surface area contributed by atoms with Crippen LogP contribution in [0.15, 0.2) is 0 Å². The number of rotatable bonds is 7. The van der Waals surface area contributed by atoms with Gasteiger partial charge in [0.25, 0.3) is 0 Å². The Kier molecular flexibility index (Phi) is 7.77. The van der Waals surface area contributed by atoms with E-state index in [-0.39, 0.29) is 0 Å². The molecular weight excluding hydrogens is 200 g/mol. The maximum atomic E-state index is 4.79. The molecule has 0 aliphatic carbocycles. The van der Waals surface area contributed by atoms with E-state index in [1.165, 1.54) is 19.3 Å². The van der Waals surface area contributed by atoms with Crippen LogP contribution in [-0.4, -0.2) is 5.25 Å². The molecule has 0 radical (unpaired) electrons. The van der Waals surface area contributed by atoms with Gasteiger partial charge in [0.15, 0.2) is 0 Å². The number of hydrogen-bond acceptors (Lipinski definition) is 1. The predicted octanol–water partition coefficient (Wildman–Crippen LogP) is 5.04. The summed E-state index contributed by atoms with van der Waals surface area (Å²) in [5, 5.41) is 0.573. The average Bonchev–Trinajstić information content (AvgIpc) is 2.27. The summed E-state index contributed by atoms with van der Waals surface area (Å²) < 4.78 is 0. The van der Waals surface area contributed by atoms with Crippen LogP contribution in [0.3, 0.4) is 0 Å². The number of thiol groups is 1. The van der Waals surface area contributed by atoms with Crippen molar-refractivity contribution in [3.63, 3.8) is 0 Å². The Bertz CT molecular complexity index is 145. The van der Waals surface area contributed by atoms with Crippen molar-refractivity contribution in [1.82, 2.24) is 0 Å². The van der Waals surface area contributed by atoms with Crippen LogP contribution in [-0.2, 0) is 0 Å². The Balaban J connectivity index is 4.61. The van der Waals surface area contributed by atoms with Crippen LogP contribution in [0.5, 0.6) is 0 Å². The topological polar surface area (TPSA) is 0 Å². The molecule has 0 aliphatic heterocycles. The van der Waals surface area contributed by atoms with Crippen molar-refractivity contribution in [3.8, 4) is 0 Å².